The smallest absolute Gasteiger partial charge is 0.152 e. The highest BCUT2D eigenvalue weighted by atomic mass is 35.5. The van der Waals surface area contributed by atoms with Crippen molar-refractivity contribution >= 4 is 11.6 Å². The van der Waals surface area contributed by atoms with Crippen molar-refractivity contribution in [2.75, 3.05) is 0 Å². The van der Waals surface area contributed by atoms with Gasteiger partial charge in [-0.05, 0) is 25.5 Å². The maximum atomic E-state index is 6.08. The lowest BCUT2D eigenvalue weighted by atomic mass is 10.1. The molecule has 17 heavy (non-hydrogen) atoms. The van der Waals surface area contributed by atoms with Crippen LogP contribution >= 0.6 is 11.6 Å². The second kappa shape index (κ2) is 4.51. The number of hydrogen-bond donors (Lipinski definition) is 1. The molecule has 3 nitrogen and oxygen atoms in total. The predicted octanol–water partition coefficient (Wildman–Crippen LogP) is 2.82. The average molecular weight is 250 g/mol. The molecule has 90 valence electrons. The van der Waals surface area contributed by atoms with E-state index < -0.39 is 0 Å². The number of imidazole rings is 1. The lowest BCUT2D eigenvalue weighted by molar-refractivity contribution is 0.828. The Morgan fingerprint density at radius 2 is 2.06 bits per heavy atom. The van der Waals surface area contributed by atoms with E-state index in [0.717, 1.165) is 17.1 Å². The minimum absolute atomic E-state index is 0.396. The minimum Gasteiger partial charge on any atom is -0.329 e. The number of aromatic nitrogens is 2. The molecule has 0 aliphatic carbocycles. The summed E-state index contributed by atoms with van der Waals surface area (Å²) in [5, 5.41) is 0.492. The van der Waals surface area contributed by atoms with Crippen molar-refractivity contribution in [1.29, 1.82) is 0 Å². The van der Waals surface area contributed by atoms with Crippen LogP contribution in [0.3, 0.4) is 0 Å². The molecule has 0 radical (unpaired) electrons. The summed E-state index contributed by atoms with van der Waals surface area (Å²) in [6.07, 6.45) is 0. The summed E-state index contributed by atoms with van der Waals surface area (Å²) in [6, 6.07) is 6.30. The van der Waals surface area contributed by atoms with Crippen LogP contribution < -0.4 is 5.73 Å². The summed E-state index contributed by atoms with van der Waals surface area (Å²) in [5.74, 6) is 0.872. The van der Waals surface area contributed by atoms with Crippen molar-refractivity contribution in [1.82, 2.24) is 9.55 Å². The number of aryl methyl sites for hydroxylation is 2. The van der Waals surface area contributed by atoms with Crippen molar-refractivity contribution in [2.24, 2.45) is 12.8 Å². The van der Waals surface area contributed by atoms with E-state index in [4.69, 9.17) is 17.3 Å². The zero-order valence-electron chi connectivity index (χ0n) is 10.3. The molecule has 1 heterocycles. The highest BCUT2D eigenvalue weighted by Crippen LogP contribution is 2.27. The third kappa shape index (κ3) is 2.08. The normalized spacial score (nSPS) is 10.9. The fourth-order valence-corrected chi connectivity index (χ4v) is 2.22. The van der Waals surface area contributed by atoms with E-state index in [2.05, 4.69) is 37.0 Å². The molecule has 0 amide bonds. The van der Waals surface area contributed by atoms with Gasteiger partial charge < -0.3 is 10.3 Å². The van der Waals surface area contributed by atoms with Crippen molar-refractivity contribution in [3.8, 4) is 11.4 Å². The van der Waals surface area contributed by atoms with Crippen LogP contribution in [0.1, 0.15) is 16.8 Å². The van der Waals surface area contributed by atoms with Crippen LogP contribution in [0.15, 0.2) is 18.2 Å². The van der Waals surface area contributed by atoms with Gasteiger partial charge in [0.2, 0.25) is 0 Å². The summed E-state index contributed by atoms with van der Waals surface area (Å²) in [4.78, 5) is 4.40. The highest BCUT2D eigenvalue weighted by Gasteiger charge is 2.14. The molecule has 4 heteroatoms. The summed E-state index contributed by atoms with van der Waals surface area (Å²) >= 11 is 6.08. The Hall–Kier alpha value is -1.32. The Bertz CT molecular complexity index is 558. The third-order valence-electron chi connectivity index (χ3n) is 2.99. The zero-order valence-corrected chi connectivity index (χ0v) is 11.0. The Balaban J connectivity index is 2.64. The highest BCUT2D eigenvalue weighted by molar-refractivity contribution is 6.30. The minimum atomic E-state index is 0.396. The van der Waals surface area contributed by atoms with E-state index >= 15 is 0 Å². The number of nitrogens with zero attached hydrogens (tertiary/aromatic N) is 2. The van der Waals surface area contributed by atoms with Crippen LogP contribution in [-0.4, -0.2) is 9.55 Å². The van der Waals surface area contributed by atoms with Crippen molar-refractivity contribution < 1.29 is 0 Å². The second-order valence-electron chi connectivity index (χ2n) is 4.25. The maximum Gasteiger partial charge on any atom is 0.152 e. The lowest BCUT2D eigenvalue weighted by Crippen LogP contribution is -2.05. The van der Waals surface area contributed by atoms with Gasteiger partial charge in [-0.2, -0.15) is 0 Å². The van der Waals surface area contributed by atoms with E-state index in [0.29, 0.717) is 11.7 Å². The van der Waals surface area contributed by atoms with E-state index in [1.165, 1.54) is 11.1 Å². The van der Waals surface area contributed by atoms with Gasteiger partial charge in [-0.3, -0.25) is 0 Å². The number of benzene rings is 1. The quantitative estimate of drug-likeness (QED) is 0.890. The summed E-state index contributed by atoms with van der Waals surface area (Å²) in [7, 11) is 1.94. The molecule has 1 aromatic heterocycles. The molecule has 0 bridgehead atoms. The molecule has 2 rings (SSSR count). The Morgan fingerprint density at radius 3 is 2.65 bits per heavy atom. The molecule has 2 N–H and O–H groups in total. The van der Waals surface area contributed by atoms with Crippen LogP contribution in [0.25, 0.3) is 11.4 Å². The molecule has 2 aromatic rings. The van der Waals surface area contributed by atoms with Gasteiger partial charge in [0.15, 0.2) is 5.15 Å². The van der Waals surface area contributed by atoms with Gasteiger partial charge in [0.1, 0.15) is 5.82 Å². The van der Waals surface area contributed by atoms with Gasteiger partial charge in [0.05, 0.1) is 5.69 Å². The molecule has 0 atom stereocenters. The fourth-order valence-electron chi connectivity index (χ4n) is 1.94. The molecule has 1 aromatic carbocycles. The summed E-state index contributed by atoms with van der Waals surface area (Å²) in [6.45, 7) is 4.53. The van der Waals surface area contributed by atoms with Gasteiger partial charge in [0, 0.05) is 19.2 Å². The standard InChI is InChI=1S/C13H16ClN3/c1-8-4-5-9(2)10(6-8)13-16-12(14)11(7-15)17(13)3/h4-6H,7,15H2,1-3H3. The number of halogens is 1. The predicted molar refractivity (Wildman–Crippen MR) is 71.0 cm³/mol. The molecule has 0 aliphatic rings. The molecular weight excluding hydrogens is 234 g/mol. The first-order chi connectivity index (χ1) is 8.04. The fraction of sp³-hybridized carbons (Fsp3) is 0.308. The van der Waals surface area contributed by atoms with Gasteiger partial charge >= 0.3 is 0 Å². The van der Waals surface area contributed by atoms with E-state index in [1.54, 1.807) is 0 Å². The first kappa shape index (κ1) is 12.1. The van der Waals surface area contributed by atoms with Crippen LogP contribution in [0, 0.1) is 13.8 Å². The van der Waals surface area contributed by atoms with Crippen molar-refractivity contribution in [2.45, 2.75) is 20.4 Å². The van der Waals surface area contributed by atoms with Crippen LogP contribution in [-0.2, 0) is 13.6 Å². The van der Waals surface area contributed by atoms with E-state index in [1.807, 2.05) is 11.6 Å². The van der Waals surface area contributed by atoms with Crippen LogP contribution in [0.2, 0.25) is 5.15 Å². The van der Waals surface area contributed by atoms with Gasteiger partial charge in [-0.25, -0.2) is 4.98 Å². The van der Waals surface area contributed by atoms with Gasteiger partial charge in [-0.15, -0.1) is 0 Å². The van der Waals surface area contributed by atoms with Crippen molar-refractivity contribution in [3.05, 3.63) is 40.2 Å². The Labute approximate surface area is 106 Å². The molecular formula is C13H16ClN3. The van der Waals surface area contributed by atoms with Gasteiger partial charge in [-0.1, -0.05) is 29.3 Å². The van der Waals surface area contributed by atoms with Gasteiger partial charge in [0.25, 0.3) is 0 Å². The van der Waals surface area contributed by atoms with E-state index in [9.17, 15) is 0 Å². The second-order valence-corrected chi connectivity index (χ2v) is 4.61. The summed E-state index contributed by atoms with van der Waals surface area (Å²) in [5.41, 5.74) is 10.0. The Kier molecular flexibility index (Phi) is 3.22. The number of hydrogen-bond acceptors (Lipinski definition) is 2. The molecule has 0 fully saturated rings. The lowest BCUT2D eigenvalue weighted by Gasteiger charge is -2.08. The first-order valence-electron chi connectivity index (χ1n) is 5.53. The largest absolute Gasteiger partial charge is 0.329 e. The van der Waals surface area contributed by atoms with E-state index in [-0.39, 0.29) is 0 Å². The average Bonchev–Trinajstić information content (AvgIpc) is 2.57. The van der Waals surface area contributed by atoms with Crippen LogP contribution in [0.5, 0.6) is 0 Å². The Morgan fingerprint density at radius 1 is 1.35 bits per heavy atom. The van der Waals surface area contributed by atoms with Crippen molar-refractivity contribution in [3.63, 3.8) is 0 Å². The maximum absolute atomic E-state index is 6.08. The number of rotatable bonds is 2. The molecule has 0 saturated carbocycles. The zero-order chi connectivity index (χ0) is 12.6. The molecule has 0 unspecified atom stereocenters. The molecule has 0 spiro atoms. The molecule has 0 saturated heterocycles. The first-order valence-corrected chi connectivity index (χ1v) is 5.91. The summed E-state index contributed by atoms with van der Waals surface area (Å²) < 4.78 is 1.96. The molecule has 0 aliphatic heterocycles. The van der Waals surface area contributed by atoms with Crippen LogP contribution in [0.4, 0.5) is 0 Å². The number of nitrogens with two attached hydrogens (primary N) is 1. The monoisotopic (exact) mass is 249 g/mol. The third-order valence-corrected chi connectivity index (χ3v) is 3.29. The SMILES string of the molecule is Cc1ccc(C)c(-c2nc(Cl)c(CN)n2C)c1. The topological polar surface area (TPSA) is 43.8 Å².